The van der Waals surface area contributed by atoms with Gasteiger partial charge in [0.1, 0.15) is 5.82 Å². The molecule has 1 saturated heterocycles. The van der Waals surface area contributed by atoms with Crippen LogP contribution in [0, 0.1) is 0 Å². The lowest BCUT2D eigenvalue weighted by atomic mass is 9.85. The molecule has 0 amide bonds. The zero-order valence-corrected chi connectivity index (χ0v) is 16.2. The predicted octanol–water partition coefficient (Wildman–Crippen LogP) is 1.51. The molecule has 0 N–H and O–H groups in total. The summed E-state index contributed by atoms with van der Waals surface area (Å²) in [6, 6.07) is 6.86. The molecule has 3 aromatic heterocycles. The molecule has 1 aliphatic carbocycles. The van der Waals surface area contributed by atoms with Crippen molar-refractivity contribution in [1.82, 2.24) is 34.7 Å². The molecular weight excluding hydrogens is 356 g/mol. The number of fused-ring (bicyclic) bond motifs is 1. The first kappa shape index (κ1) is 17.3. The Morgan fingerprint density at radius 3 is 2.79 bits per heavy atom. The van der Waals surface area contributed by atoms with Crippen LogP contribution in [0.15, 0.2) is 24.4 Å². The minimum absolute atomic E-state index is 0.412. The molecule has 3 aromatic rings. The lowest BCUT2D eigenvalue weighted by molar-refractivity contribution is 0.193. The van der Waals surface area contributed by atoms with E-state index in [4.69, 9.17) is 9.84 Å². The fourth-order valence-electron chi connectivity index (χ4n) is 3.75. The lowest BCUT2D eigenvalue weighted by Crippen LogP contribution is -2.58. The normalized spacial score (nSPS) is 17.8. The molecule has 2 fully saturated rings. The van der Waals surface area contributed by atoms with Gasteiger partial charge in [0.05, 0.1) is 12.8 Å². The summed E-state index contributed by atoms with van der Waals surface area (Å²) >= 11 is 0. The Morgan fingerprint density at radius 1 is 1.18 bits per heavy atom. The number of hydrogen-bond acceptors (Lipinski definition) is 8. The van der Waals surface area contributed by atoms with Crippen LogP contribution < -0.4 is 9.64 Å². The van der Waals surface area contributed by atoms with Crippen molar-refractivity contribution in [2.75, 3.05) is 32.1 Å². The highest BCUT2D eigenvalue weighted by Crippen LogP contribution is 2.35. The predicted molar refractivity (Wildman–Crippen MR) is 103 cm³/mol. The molecule has 0 spiro atoms. The standard InChI is InChI=1S/C19H24N8O/c1-25(10-14-8-9-20-19(21-14)28-2)15-11-26(12-15)17-7-6-16-22-23-18(27(16)24-17)13-4-3-5-13/h6-9,13,15H,3-5,10-12H2,1-2H3. The third-order valence-electron chi connectivity index (χ3n) is 5.84. The third-order valence-corrected chi connectivity index (χ3v) is 5.84. The van der Waals surface area contributed by atoms with Crippen LogP contribution in [0.3, 0.4) is 0 Å². The summed E-state index contributed by atoms with van der Waals surface area (Å²) in [5.74, 6) is 2.51. The first-order chi connectivity index (χ1) is 13.7. The monoisotopic (exact) mass is 380 g/mol. The second kappa shape index (κ2) is 6.97. The van der Waals surface area contributed by atoms with Crippen molar-refractivity contribution in [3.63, 3.8) is 0 Å². The van der Waals surface area contributed by atoms with E-state index in [1.54, 1.807) is 13.3 Å². The second-order valence-electron chi connectivity index (χ2n) is 7.66. The maximum absolute atomic E-state index is 5.11. The van der Waals surface area contributed by atoms with Gasteiger partial charge in [-0.1, -0.05) is 6.42 Å². The molecule has 28 heavy (non-hydrogen) atoms. The van der Waals surface area contributed by atoms with E-state index in [1.807, 2.05) is 22.7 Å². The maximum atomic E-state index is 5.11. The van der Waals surface area contributed by atoms with Gasteiger partial charge >= 0.3 is 6.01 Å². The van der Waals surface area contributed by atoms with Gasteiger partial charge in [0.2, 0.25) is 0 Å². The van der Waals surface area contributed by atoms with E-state index < -0.39 is 0 Å². The van der Waals surface area contributed by atoms with E-state index in [0.717, 1.165) is 42.6 Å². The van der Waals surface area contributed by atoms with Crippen LogP contribution in [0.1, 0.15) is 36.7 Å². The Bertz CT molecular complexity index is 979. The minimum atomic E-state index is 0.412. The summed E-state index contributed by atoms with van der Waals surface area (Å²) in [7, 11) is 3.71. The number of ether oxygens (including phenoxy) is 1. The van der Waals surface area contributed by atoms with E-state index in [-0.39, 0.29) is 0 Å². The van der Waals surface area contributed by atoms with Gasteiger partial charge in [-0.05, 0) is 38.1 Å². The number of hydrogen-bond donors (Lipinski definition) is 0. The van der Waals surface area contributed by atoms with Crippen molar-refractivity contribution >= 4 is 11.5 Å². The van der Waals surface area contributed by atoms with Gasteiger partial charge in [0.25, 0.3) is 0 Å². The number of nitrogens with zero attached hydrogens (tertiary/aromatic N) is 8. The molecule has 0 unspecified atom stereocenters. The van der Waals surface area contributed by atoms with Crippen LogP contribution in [0.5, 0.6) is 6.01 Å². The molecule has 146 valence electrons. The molecule has 0 aromatic carbocycles. The van der Waals surface area contributed by atoms with E-state index in [9.17, 15) is 0 Å². The molecule has 0 atom stereocenters. The Labute approximate surface area is 163 Å². The van der Waals surface area contributed by atoms with Crippen molar-refractivity contribution in [1.29, 1.82) is 0 Å². The zero-order chi connectivity index (χ0) is 19.1. The van der Waals surface area contributed by atoms with Crippen molar-refractivity contribution in [2.45, 2.75) is 37.8 Å². The van der Waals surface area contributed by atoms with Gasteiger partial charge in [-0.3, -0.25) is 4.90 Å². The molecule has 9 nitrogen and oxygen atoms in total. The first-order valence-electron chi connectivity index (χ1n) is 9.75. The van der Waals surface area contributed by atoms with Crippen LogP contribution >= 0.6 is 0 Å². The van der Waals surface area contributed by atoms with Gasteiger partial charge in [-0.2, -0.15) is 9.50 Å². The van der Waals surface area contributed by atoms with E-state index in [0.29, 0.717) is 18.0 Å². The summed E-state index contributed by atoms with van der Waals surface area (Å²) in [4.78, 5) is 13.1. The van der Waals surface area contributed by atoms with Crippen molar-refractivity contribution in [2.24, 2.45) is 0 Å². The molecule has 0 bridgehead atoms. The van der Waals surface area contributed by atoms with E-state index in [1.165, 1.54) is 19.3 Å². The summed E-state index contributed by atoms with van der Waals surface area (Å²) in [5.41, 5.74) is 1.79. The largest absolute Gasteiger partial charge is 0.467 e. The summed E-state index contributed by atoms with van der Waals surface area (Å²) in [5, 5.41) is 13.5. The SMILES string of the molecule is COc1nccc(CN(C)C2CN(c3ccc4nnc(C5CCC5)n4n3)C2)n1. The number of aromatic nitrogens is 6. The van der Waals surface area contributed by atoms with E-state index in [2.05, 4.69) is 37.0 Å². The van der Waals surface area contributed by atoms with Crippen LogP contribution in [-0.2, 0) is 6.54 Å². The molecule has 1 saturated carbocycles. The highest BCUT2D eigenvalue weighted by molar-refractivity contribution is 5.48. The highest BCUT2D eigenvalue weighted by atomic mass is 16.5. The smallest absolute Gasteiger partial charge is 0.316 e. The zero-order valence-electron chi connectivity index (χ0n) is 16.2. The topological polar surface area (TPSA) is 84.6 Å². The average molecular weight is 380 g/mol. The maximum Gasteiger partial charge on any atom is 0.316 e. The number of methoxy groups -OCH3 is 1. The third kappa shape index (κ3) is 3.05. The molecule has 9 heteroatoms. The molecule has 5 rings (SSSR count). The van der Waals surface area contributed by atoms with Crippen LogP contribution in [0.25, 0.3) is 5.65 Å². The average Bonchev–Trinajstić information content (AvgIpc) is 3.02. The quantitative estimate of drug-likeness (QED) is 0.636. The van der Waals surface area contributed by atoms with E-state index >= 15 is 0 Å². The van der Waals surface area contributed by atoms with Crippen LogP contribution in [0.4, 0.5) is 5.82 Å². The van der Waals surface area contributed by atoms with Crippen molar-refractivity contribution in [3.05, 3.63) is 35.9 Å². The van der Waals surface area contributed by atoms with Crippen molar-refractivity contribution in [3.8, 4) is 6.01 Å². The van der Waals surface area contributed by atoms with Gasteiger partial charge in [-0.15, -0.1) is 15.3 Å². The van der Waals surface area contributed by atoms with Gasteiger partial charge in [-0.25, -0.2) is 4.98 Å². The molecule has 4 heterocycles. The van der Waals surface area contributed by atoms with Gasteiger partial charge in [0, 0.05) is 37.8 Å². The molecular formula is C19H24N8O. The number of rotatable bonds is 6. The fraction of sp³-hybridized carbons (Fsp3) is 0.526. The summed E-state index contributed by atoms with van der Waals surface area (Å²) in [6.07, 6.45) is 5.39. The Morgan fingerprint density at radius 2 is 2.04 bits per heavy atom. The van der Waals surface area contributed by atoms with Gasteiger partial charge in [0.15, 0.2) is 11.5 Å². The summed E-state index contributed by atoms with van der Waals surface area (Å²) < 4.78 is 7.04. The van der Waals surface area contributed by atoms with Crippen LogP contribution in [-0.4, -0.2) is 68.0 Å². The number of likely N-dealkylation sites (N-methyl/N-ethyl adjacent to an activating group) is 1. The molecule has 2 aliphatic rings. The molecule has 0 radical (unpaired) electrons. The first-order valence-corrected chi connectivity index (χ1v) is 9.75. The van der Waals surface area contributed by atoms with Crippen LogP contribution in [0.2, 0.25) is 0 Å². The number of anilines is 1. The highest BCUT2D eigenvalue weighted by Gasteiger charge is 2.32. The fourth-order valence-corrected chi connectivity index (χ4v) is 3.75. The summed E-state index contributed by atoms with van der Waals surface area (Å²) in [6.45, 7) is 2.65. The van der Waals surface area contributed by atoms with Gasteiger partial charge < -0.3 is 9.64 Å². The minimum Gasteiger partial charge on any atom is -0.467 e. The second-order valence-corrected chi connectivity index (χ2v) is 7.66. The Balaban J connectivity index is 1.24. The Kier molecular flexibility index (Phi) is 4.31. The lowest BCUT2D eigenvalue weighted by Gasteiger charge is -2.44. The molecule has 1 aliphatic heterocycles. The van der Waals surface area contributed by atoms with Crippen molar-refractivity contribution < 1.29 is 4.74 Å². The Hall–Kier alpha value is -2.81.